The average Bonchev–Trinajstić information content (AvgIpc) is 2.93. The van der Waals surface area contributed by atoms with Gasteiger partial charge in [-0.15, -0.1) is 0 Å². The van der Waals surface area contributed by atoms with Gasteiger partial charge in [0, 0.05) is 24.8 Å². The summed E-state index contributed by atoms with van der Waals surface area (Å²) in [5.41, 5.74) is 2.78. The van der Waals surface area contributed by atoms with E-state index in [1.54, 1.807) is 0 Å². The second kappa shape index (κ2) is 6.58. The van der Waals surface area contributed by atoms with Crippen molar-refractivity contribution >= 4 is 11.4 Å². The molecule has 118 valence electrons. The highest BCUT2D eigenvalue weighted by molar-refractivity contribution is 5.65. The molecule has 1 aliphatic heterocycles. The minimum absolute atomic E-state index is 0.188. The van der Waals surface area contributed by atoms with Crippen LogP contribution in [0.5, 0.6) is 0 Å². The molecule has 4 nitrogen and oxygen atoms in total. The van der Waals surface area contributed by atoms with Crippen molar-refractivity contribution < 1.29 is 5.11 Å². The van der Waals surface area contributed by atoms with Crippen LogP contribution in [0.15, 0.2) is 18.2 Å². The highest BCUT2D eigenvalue weighted by Gasteiger charge is 2.22. The molecule has 2 unspecified atom stereocenters. The summed E-state index contributed by atoms with van der Waals surface area (Å²) < 4.78 is 0. The first-order chi connectivity index (χ1) is 10.7. The summed E-state index contributed by atoms with van der Waals surface area (Å²) in [6.45, 7) is 3.95. The highest BCUT2D eigenvalue weighted by atomic mass is 16.3. The fourth-order valence-electron chi connectivity index (χ4n) is 3.67. The largest absolute Gasteiger partial charge is 0.393 e. The number of anilines is 2. The number of nitriles is 1. The number of rotatable bonds is 3. The topological polar surface area (TPSA) is 59.3 Å². The maximum Gasteiger partial charge on any atom is 0.101 e. The van der Waals surface area contributed by atoms with Crippen LogP contribution in [0.3, 0.4) is 0 Å². The van der Waals surface area contributed by atoms with Gasteiger partial charge in [0.1, 0.15) is 6.07 Å². The van der Waals surface area contributed by atoms with E-state index in [0.717, 1.165) is 48.8 Å². The van der Waals surface area contributed by atoms with E-state index < -0.39 is 0 Å². The molecule has 0 amide bonds. The van der Waals surface area contributed by atoms with E-state index in [0.29, 0.717) is 6.04 Å². The lowest BCUT2D eigenvalue weighted by Gasteiger charge is -2.32. The molecule has 1 heterocycles. The molecule has 1 saturated carbocycles. The van der Waals surface area contributed by atoms with Crippen LogP contribution in [0, 0.1) is 17.2 Å². The molecule has 2 fully saturated rings. The fourth-order valence-corrected chi connectivity index (χ4v) is 3.67. The van der Waals surface area contributed by atoms with Gasteiger partial charge in [0.25, 0.3) is 0 Å². The molecule has 0 bridgehead atoms. The van der Waals surface area contributed by atoms with Gasteiger partial charge < -0.3 is 15.3 Å². The first kappa shape index (κ1) is 15.2. The number of hydrogen-bond acceptors (Lipinski definition) is 4. The molecule has 0 aromatic heterocycles. The number of aliphatic hydroxyl groups is 1. The lowest BCUT2D eigenvalue weighted by molar-refractivity contribution is 0.145. The first-order valence-corrected chi connectivity index (χ1v) is 8.39. The second-order valence-corrected chi connectivity index (χ2v) is 6.82. The zero-order chi connectivity index (χ0) is 15.5. The Kier molecular flexibility index (Phi) is 4.54. The maximum atomic E-state index is 9.62. The molecule has 2 N–H and O–H groups in total. The number of aliphatic hydroxyl groups excluding tert-OH is 1. The third-order valence-corrected chi connectivity index (χ3v) is 4.99. The molecule has 22 heavy (non-hydrogen) atoms. The van der Waals surface area contributed by atoms with Crippen LogP contribution >= 0.6 is 0 Å². The molecular weight excluding hydrogens is 274 g/mol. The van der Waals surface area contributed by atoms with Gasteiger partial charge in [0.05, 0.1) is 17.4 Å². The molecule has 1 saturated heterocycles. The molecule has 3 rings (SSSR count). The Hall–Kier alpha value is -1.73. The van der Waals surface area contributed by atoms with Crippen LogP contribution < -0.4 is 10.2 Å². The minimum Gasteiger partial charge on any atom is -0.393 e. The third kappa shape index (κ3) is 3.36. The highest BCUT2D eigenvalue weighted by Crippen LogP contribution is 2.30. The van der Waals surface area contributed by atoms with Gasteiger partial charge in [0.2, 0.25) is 0 Å². The van der Waals surface area contributed by atoms with Crippen molar-refractivity contribution in [2.45, 2.75) is 51.2 Å². The summed E-state index contributed by atoms with van der Waals surface area (Å²) in [6.07, 6.45) is 5.10. The smallest absolute Gasteiger partial charge is 0.101 e. The molecule has 0 spiro atoms. The zero-order valence-electron chi connectivity index (χ0n) is 13.3. The summed E-state index contributed by atoms with van der Waals surface area (Å²) in [5.74, 6) is 0.798. The van der Waals surface area contributed by atoms with Crippen LogP contribution in [0.25, 0.3) is 0 Å². The van der Waals surface area contributed by atoms with Gasteiger partial charge in [-0.05, 0) is 56.2 Å². The Morgan fingerprint density at radius 3 is 2.64 bits per heavy atom. The van der Waals surface area contributed by atoms with E-state index in [1.807, 2.05) is 6.07 Å². The maximum absolute atomic E-state index is 9.62. The van der Waals surface area contributed by atoms with Gasteiger partial charge in [-0.3, -0.25) is 0 Å². The van der Waals surface area contributed by atoms with Gasteiger partial charge in [-0.25, -0.2) is 0 Å². The minimum atomic E-state index is -0.188. The van der Waals surface area contributed by atoms with E-state index in [2.05, 4.69) is 35.3 Å². The van der Waals surface area contributed by atoms with Gasteiger partial charge in [0.15, 0.2) is 0 Å². The molecule has 1 aromatic rings. The SMILES string of the molecule is CC1CCC(Nc2ccc(N3CCC(O)CC3)c(C#N)c2)C1. The van der Waals surface area contributed by atoms with Crippen molar-refractivity contribution in [1.82, 2.24) is 0 Å². The van der Waals surface area contributed by atoms with Crippen LogP contribution in [0.2, 0.25) is 0 Å². The number of nitrogens with zero attached hydrogens (tertiary/aromatic N) is 2. The van der Waals surface area contributed by atoms with Crippen molar-refractivity contribution in [2.75, 3.05) is 23.3 Å². The molecule has 0 radical (unpaired) electrons. The van der Waals surface area contributed by atoms with Crippen molar-refractivity contribution in [2.24, 2.45) is 5.92 Å². The van der Waals surface area contributed by atoms with Crippen LogP contribution in [-0.4, -0.2) is 30.3 Å². The summed E-state index contributed by atoms with van der Waals surface area (Å²) in [4.78, 5) is 2.21. The zero-order valence-corrected chi connectivity index (χ0v) is 13.3. The number of hydrogen-bond donors (Lipinski definition) is 2. The molecule has 2 atom stereocenters. The Labute approximate surface area is 132 Å². The lowest BCUT2D eigenvalue weighted by atomic mass is 10.0. The van der Waals surface area contributed by atoms with E-state index >= 15 is 0 Å². The van der Waals surface area contributed by atoms with Crippen LogP contribution in [0.4, 0.5) is 11.4 Å². The van der Waals surface area contributed by atoms with E-state index in [-0.39, 0.29) is 6.10 Å². The number of nitrogens with one attached hydrogen (secondary N) is 1. The van der Waals surface area contributed by atoms with E-state index in [9.17, 15) is 10.4 Å². The fraction of sp³-hybridized carbons (Fsp3) is 0.611. The summed E-state index contributed by atoms with van der Waals surface area (Å²) in [5, 5.41) is 22.7. The number of piperidine rings is 1. The summed E-state index contributed by atoms with van der Waals surface area (Å²) in [7, 11) is 0. The molecule has 2 aliphatic rings. The predicted octanol–water partition coefficient (Wildman–Crippen LogP) is 3.12. The molecule has 1 aliphatic carbocycles. The van der Waals surface area contributed by atoms with Crippen molar-refractivity contribution in [1.29, 1.82) is 5.26 Å². The van der Waals surface area contributed by atoms with Crippen molar-refractivity contribution in [3.05, 3.63) is 23.8 Å². The third-order valence-electron chi connectivity index (χ3n) is 4.99. The molecule has 4 heteroatoms. The summed E-state index contributed by atoms with van der Waals surface area (Å²) in [6, 6.07) is 8.99. The van der Waals surface area contributed by atoms with Crippen LogP contribution in [-0.2, 0) is 0 Å². The number of benzene rings is 1. The standard InChI is InChI=1S/C18H25N3O/c1-13-2-3-15(10-13)20-16-4-5-18(14(11-16)12-19)21-8-6-17(22)7-9-21/h4-5,11,13,15,17,20,22H,2-3,6-10H2,1H3. The van der Waals surface area contributed by atoms with Crippen molar-refractivity contribution in [3.63, 3.8) is 0 Å². The van der Waals surface area contributed by atoms with Crippen molar-refractivity contribution in [3.8, 4) is 6.07 Å². The van der Waals surface area contributed by atoms with Gasteiger partial charge >= 0.3 is 0 Å². The van der Waals surface area contributed by atoms with E-state index in [1.165, 1.54) is 19.3 Å². The molecular formula is C18H25N3O. The lowest BCUT2D eigenvalue weighted by Crippen LogP contribution is -2.36. The van der Waals surface area contributed by atoms with Crippen LogP contribution in [0.1, 0.15) is 44.6 Å². The average molecular weight is 299 g/mol. The quantitative estimate of drug-likeness (QED) is 0.900. The Balaban J connectivity index is 1.72. The Morgan fingerprint density at radius 2 is 2.00 bits per heavy atom. The predicted molar refractivity (Wildman–Crippen MR) is 89.0 cm³/mol. The monoisotopic (exact) mass is 299 g/mol. The Morgan fingerprint density at radius 1 is 1.23 bits per heavy atom. The normalized spacial score (nSPS) is 26.0. The Bertz CT molecular complexity index is 558. The first-order valence-electron chi connectivity index (χ1n) is 8.39. The second-order valence-electron chi connectivity index (χ2n) is 6.82. The molecule has 1 aromatic carbocycles. The van der Waals surface area contributed by atoms with E-state index in [4.69, 9.17) is 0 Å². The summed E-state index contributed by atoms with van der Waals surface area (Å²) >= 11 is 0. The van der Waals surface area contributed by atoms with Gasteiger partial charge in [-0.2, -0.15) is 5.26 Å². The van der Waals surface area contributed by atoms with Gasteiger partial charge in [-0.1, -0.05) is 6.92 Å².